The summed E-state index contributed by atoms with van der Waals surface area (Å²) >= 11 is 12.9. The minimum Gasteiger partial charge on any atom is -0.490 e. The van der Waals surface area contributed by atoms with Crippen LogP contribution in [-0.2, 0) is 53.2 Å². The van der Waals surface area contributed by atoms with E-state index in [0.29, 0.717) is 88.0 Å². The number of aryl methyl sites for hydroxylation is 2. The van der Waals surface area contributed by atoms with Crippen LogP contribution in [0.2, 0.25) is 10.0 Å². The summed E-state index contributed by atoms with van der Waals surface area (Å²) in [4.78, 5) is 40.8. The van der Waals surface area contributed by atoms with Gasteiger partial charge in [-0.1, -0.05) is 85.6 Å². The third-order valence-corrected chi connectivity index (χ3v) is 28.6. The third kappa shape index (κ3) is 14.8. The average molecular weight is 1470 g/mol. The molecule has 4 aliphatic heterocycles. The van der Waals surface area contributed by atoms with Gasteiger partial charge in [0.1, 0.15) is 11.5 Å². The average Bonchev–Trinajstić information content (AvgIpc) is 1.37. The zero-order valence-corrected chi connectivity index (χ0v) is 62.3. The summed E-state index contributed by atoms with van der Waals surface area (Å²) in [6.07, 6.45) is 20.8. The van der Waals surface area contributed by atoms with E-state index in [1.54, 1.807) is 76.9 Å². The summed E-state index contributed by atoms with van der Waals surface area (Å²) in [6, 6.07) is 33.9. The number of nitrogens with one attached hydrogen (secondary N) is 2. The Bertz CT molecular complexity index is 4090. The molecule has 22 heteroatoms. The first-order chi connectivity index (χ1) is 48.9. The zero-order valence-electron chi connectivity index (χ0n) is 59.1. The molecule has 4 aromatic carbocycles. The van der Waals surface area contributed by atoms with E-state index in [1.807, 2.05) is 74.5 Å². The van der Waals surface area contributed by atoms with Crippen molar-refractivity contribution in [2.45, 2.75) is 162 Å². The van der Waals surface area contributed by atoms with Gasteiger partial charge in [-0.15, -0.1) is 0 Å². The molecule has 18 nitrogen and oxygen atoms in total. The molecule has 0 saturated heterocycles. The summed E-state index contributed by atoms with van der Waals surface area (Å²) in [7, 11) is -4.60. The van der Waals surface area contributed by atoms with Crippen LogP contribution >= 0.6 is 23.2 Å². The van der Waals surface area contributed by atoms with Gasteiger partial charge < -0.3 is 39.0 Å². The van der Waals surface area contributed by atoms with E-state index in [4.69, 9.17) is 42.1 Å². The van der Waals surface area contributed by atoms with Gasteiger partial charge in [-0.05, 0) is 234 Å². The predicted molar refractivity (Wildman–Crippen MR) is 398 cm³/mol. The lowest BCUT2D eigenvalue weighted by Gasteiger charge is -2.51. The van der Waals surface area contributed by atoms with E-state index < -0.39 is 65.8 Å². The van der Waals surface area contributed by atoms with Crippen LogP contribution in [0.5, 0.6) is 11.5 Å². The van der Waals surface area contributed by atoms with Crippen LogP contribution in [0.1, 0.15) is 171 Å². The Balaban J connectivity index is 0.000000182. The highest BCUT2D eigenvalue weighted by atomic mass is 35.5. The highest BCUT2D eigenvalue weighted by molar-refractivity contribution is 7.91. The quantitative estimate of drug-likeness (QED) is 0.104. The van der Waals surface area contributed by atoms with Crippen molar-refractivity contribution in [3.8, 4) is 11.5 Å². The second-order valence-electron chi connectivity index (χ2n) is 30.3. The standard InChI is InChI=1S/2C40H48ClN3O6S/c2*1-26-8-6-18-40(49-3,22-36(45)34-10-4-5-19-42-34)33-14-11-30(33)23-44-24-39(17-7-9-28-20-31(41)13-15-32(28)39)25-50-37-16-12-29(21-35(37)44)38(46)43-51(47,48)27(26)2/h2*4-6,10,12-13,15-16,18-21,26-27,30,33,36,45H,7-9,11,14,17,22-25H2,1-3H3,(H,43,46)/b2*18-6+/t26-,27+,30-,33+,36+,39-,40+;26-,27+,30-,33+,36-,39-,40+/m00/s1. The zero-order chi connectivity index (χ0) is 71.9. The van der Waals surface area contributed by atoms with Crippen molar-refractivity contribution in [3.63, 3.8) is 0 Å². The number of allylic oxidation sites excluding steroid dienone is 2. The number of aromatic nitrogens is 2. The predicted octanol–water partition coefficient (Wildman–Crippen LogP) is 13.6. The number of aliphatic hydroxyl groups excluding tert-OH is 2. The fourth-order valence-electron chi connectivity index (χ4n) is 17.7. The molecule has 0 radical (unpaired) electrons. The van der Waals surface area contributed by atoms with Crippen molar-refractivity contribution in [1.82, 2.24) is 19.4 Å². The van der Waals surface area contributed by atoms with E-state index in [2.05, 4.69) is 65.6 Å². The molecule has 2 amide bonds. The molecule has 102 heavy (non-hydrogen) atoms. The van der Waals surface area contributed by atoms with Crippen LogP contribution in [0.3, 0.4) is 0 Å². The molecule has 6 aromatic rings. The van der Waals surface area contributed by atoms with Gasteiger partial charge >= 0.3 is 0 Å². The van der Waals surface area contributed by atoms with Crippen LogP contribution in [0.15, 0.2) is 146 Å². The van der Waals surface area contributed by atoms with Gasteiger partial charge in [0.25, 0.3) is 11.8 Å². The summed E-state index contributed by atoms with van der Waals surface area (Å²) in [6.45, 7) is 10.6. The molecule has 2 fully saturated rings. The monoisotopic (exact) mass is 1470 g/mol. The first-order valence-electron chi connectivity index (χ1n) is 36.2. The van der Waals surface area contributed by atoms with Crippen LogP contribution in [-0.4, -0.2) is 124 Å². The lowest BCUT2D eigenvalue weighted by Crippen LogP contribution is -2.53. The number of benzene rings is 4. The van der Waals surface area contributed by atoms with Crippen LogP contribution in [0.25, 0.3) is 0 Å². The van der Waals surface area contributed by atoms with E-state index >= 15 is 0 Å². The van der Waals surface area contributed by atoms with Crippen molar-refractivity contribution in [1.29, 1.82) is 0 Å². The second-order valence-corrected chi connectivity index (χ2v) is 35.3. The van der Waals surface area contributed by atoms with Crippen molar-refractivity contribution in [2.75, 3.05) is 63.4 Å². The van der Waals surface area contributed by atoms with Crippen molar-refractivity contribution in [3.05, 3.63) is 201 Å². The van der Waals surface area contributed by atoms with Crippen molar-refractivity contribution < 1.29 is 55.6 Å². The highest BCUT2D eigenvalue weighted by Gasteiger charge is 2.53. The Hall–Kier alpha value is -6.88. The number of carbonyl (C=O) groups is 2. The number of halogens is 2. The Labute approximate surface area is 611 Å². The molecule has 4 bridgehead atoms. The number of anilines is 2. The van der Waals surface area contributed by atoms with E-state index in [0.717, 1.165) is 85.6 Å². The summed E-state index contributed by atoms with van der Waals surface area (Å²) < 4.78 is 85.1. The van der Waals surface area contributed by atoms with E-state index in [-0.39, 0.29) is 57.5 Å². The van der Waals surface area contributed by atoms with Crippen molar-refractivity contribution >= 4 is 66.4 Å². The number of ether oxygens (including phenoxy) is 4. The highest BCUT2D eigenvalue weighted by Crippen LogP contribution is 2.54. The first-order valence-corrected chi connectivity index (χ1v) is 40.1. The number of carbonyl (C=O) groups excluding carboxylic acids is 2. The Morgan fingerprint density at radius 3 is 1.37 bits per heavy atom. The summed E-state index contributed by atoms with van der Waals surface area (Å²) in [5, 5.41) is 22.8. The number of nitrogens with zero attached hydrogens (tertiary/aromatic N) is 4. The maximum Gasteiger partial charge on any atom is 0.264 e. The third-order valence-electron chi connectivity index (χ3n) is 24.3. The van der Waals surface area contributed by atoms with Gasteiger partial charge in [-0.3, -0.25) is 19.6 Å². The molecule has 0 unspecified atom stereocenters. The lowest BCUT2D eigenvalue weighted by molar-refractivity contribution is -0.0995. The van der Waals surface area contributed by atoms with Gasteiger partial charge in [0.05, 0.1) is 69.9 Å². The Morgan fingerprint density at radius 1 is 0.578 bits per heavy atom. The molecule has 14 atom stereocenters. The number of sulfonamides is 2. The molecule has 2 saturated carbocycles. The Morgan fingerprint density at radius 2 is 1.00 bits per heavy atom. The number of fused-ring (bicyclic) bond motifs is 8. The van der Waals surface area contributed by atoms with Gasteiger partial charge in [-0.25, -0.2) is 26.3 Å². The maximum atomic E-state index is 13.6. The molecule has 4 aliphatic carbocycles. The smallest absolute Gasteiger partial charge is 0.264 e. The first kappa shape index (κ1) is 73.4. The SMILES string of the molecule is CO[C@@]1(C[C@@H](O)c2ccccn2)/C=C/C[C@H](C)[C@@H](C)S(=O)(=O)NC(=O)c2ccc3c(c2)N(C[C@@H]2CC[C@H]21)C[C@@]1(CCCc2cc(Cl)ccc21)CO3.CO[C@@]1(C[C@H](O)c2ccccn2)/C=C/C[C@H](C)[C@@H](C)S(=O)(=O)NC(=O)c2ccc3c(c2)N(C[C@@H]2CC[C@H]21)C[C@@]1(CCCc2cc(Cl)ccc21)CO3. The van der Waals surface area contributed by atoms with Crippen LogP contribution in [0, 0.1) is 35.5 Å². The van der Waals surface area contributed by atoms with E-state index in [1.165, 1.54) is 22.3 Å². The van der Waals surface area contributed by atoms with Crippen LogP contribution < -0.4 is 28.7 Å². The van der Waals surface area contributed by atoms with Gasteiger partial charge in [-0.2, -0.15) is 0 Å². The number of pyridine rings is 2. The topological polar surface area (TPSA) is 236 Å². The Kier molecular flexibility index (Phi) is 21.6. The van der Waals surface area contributed by atoms with E-state index in [9.17, 15) is 36.6 Å². The molecule has 6 heterocycles. The van der Waals surface area contributed by atoms with Gasteiger partial charge in [0.2, 0.25) is 20.0 Å². The molecule has 2 aromatic heterocycles. The molecule has 8 aliphatic rings. The minimum absolute atomic E-state index is 0.0639. The number of amides is 2. The van der Waals surface area contributed by atoms with Gasteiger partial charge in [0, 0.05) is 97.6 Å². The number of methoxy groups -OCH3 is 2. The normalized spacial score (nSPS) is 31.5. The fourth-order valence-corrected chi connectivity index (χ4v) is 20.7. The number of rotatable bonds is 8. The lowest BCUT2D eigenvalue weighted by atomic mass is 9.62. The molecule has 4 N–H and O–H groups in total. The van der Waals surface area contributed by atoms with Crippen LogP contribution in [0.4, 0.5) is 11.4 Å². The molecule has 544 valence electrons. The summed E-state index contributed by atoms with van der Waals surface area (Å²) in [5.41, 5.74) is 5.89. The maximum absolute atomic E-state index is 13.6. The molecular formula is C80H96Cl2N6O12S2. The number of aliphatic hydroxyl groups is 2. The summed E-state index contributed by atoms with van der Waals surface area (Å²) in [5.74, 6) is -0.0565. The molecule has 2 spiro atoms. The largest absolute Gasteiger partial charge is 0.490 e. The number of hydrogen-bond donors (Lipinski definition) is 4. The molecule has 14 rings (SSSR count). The van der Waals surface area contributed by atoms with Crippen molar-refractivity contribution in [2.24, 2.45) is 35.5 Å². The molecular weight excluding hydrogens is 1370 g/mol. The minimum atomic E-state index is -4.00. The fraction of sp³-hybridized carbons (Fsp3) is 0.500. The van der Waals surface area contributed by atoms with Gasteiger partial charge in [0.15, 0.2) is 0 Å². The second kappa shape index (κ2) is 29.9. The number of hydrogen-bond acceptors (Lipinski definition) is 16.